The van der Waals surface area contributed by atoms with E-state index in [9.17, 15) is 9.59 Å². The Morgan fingerprint density at radius 2 is 1.79 bits per heavy atom. The van der Waals surface area contributed by atoms with E-state index >= 15 is 0 Å². The van der Waals surface area contributed by atoms with E-state index in [0.29, 0.717) is 15.5 Å². The normalized spacial score (nSPS) is 15.9. The summed E-state index contributed by atoms with van der Waals surface area (Å²) in [5.74, 6) is -0.778. The first-order chi connectivity index (χ1) is 11.5. The molecule has 0 saturated carbocycles. The lowest BCUT2D eigenvalue weighted by molar-refractivity contribution is -0.123. The van der Waals surface area contributed by atoms with Crippen LogP contribution in [0.15, 0.2) is 59.5 Å². The Hall–Kier alpha value is -2.15. The maximum atomic E-state index is 12.5. The monoisotopic (exact) mass is 374 g/mol. The van der Waals surface area contributed by atoms with Crippen LogP contribution in [0.3, 0.4) is 0 Å². The Labute approximate surface area is 153 Å². The summed E-state index contributed by atoms with van der Waals surface area (Å²) in [6.07, 6.45) is 1.74. The molecule has 0 aliphatic carbocycles. The van der Waals surface area contributed by atoms with Gasteiger partial charge in [-0.15, -0.1) is 0 Å². The average Bonchev–Trinajstić information content (AvgIpc) is 2.84. The molecule has 7 heteroatoms. The minimum absolute atomic E-state index is 0.282. The van der Waals surface area contributed by atoms with Crippen LogP contribution in [0.1, 0.15) is 15.9 Å². The molecule has 1 saturated heterocycles. The number of halogens is 1. The fraction of sp³-hybridized carbons (Fsp3) is 0. The molecule has 0 unspecified atom stereocenters. The Kier molecular flexibility index (Phi) is 4.99. The molecule has 2 aromatic carbocycles. The van der Waals surface area contributed by atoms with Crippen molar-refractivity contribution in [1.82, 2.24) is 10.4 Å². The number of nitrogens with zero attached hydrogens (tertiary/aromatic N) is 1. The fourth-order valence-electron chi connectivity index (χ4n) is 2.03. The van der Waals surface area contributed by atoms with Crippen molar-refractivity contribution in [2.75, 3.05) is 0 Å². The van der Waals surface area contributed by atoms with Crippen LogP contribution >= 0.6 is 35.6 Å². The number of amides is 2. The van der Waals surface area contributed by atoms with Crippen molar-refractivity contribution in [1.29, 1.82) is 0 Å². The van der Waals surface area contributed by atoms with Gasteiger partial charge in [-0.1, -0.05) is 53.7 Å². The van der Waals surface area contributed by atoms with E-state index in [1.165, 1.54) is 0 Å². The highest BCUT2D eigenvalue weighted by molar-refractivity contribution is 8.26. The number of hydrogen-bond donors (Lipinski definition) is 1. The minimum Gasteiger partial charge on any atom is -0.267 e. The fourth-order valence-corrected chi connectivity index (χ4v) is 3.34. The van der Waals surface area contributed by atoms with Gasteiger partial charge < -0.3 is 0 Å². The van der Waals surface area contributed by atoms with Crippen LogP contribution < -0.4 is 5.43 Å². The van der Waals surface area contributed by atoms with Crippen LogP contribution in [-0.2, 0) is 4.79 Å². The van der Waals surface area contributed by atoms with Crippen molar-refractivity contribution in [2.24, 2.45) is 0 Å². The zero-order chi connectivity index (χ0) is 17.1. The quantitative estimate of drug-likeness (QED) is 0.654. The first kappa shape index (κ1) is 16.7. The van der Waals surface area contributed by atoms with Crippen LogP contribution in [0, 0.1) is 0 Å². The van der Waals surface area contributed by atoms with E-state index in [2.05, 4.69) is 5.43 Å². The number of hydrogen-bond acceptors (Lipinski definition) is 4. The molecule has 4 nitrogen and oxygen atoms in total. The summed E-state index contributed by atoms with van der Waals surface area (Å²) in [6, 6.07) is 15.8. The molecule has 1 fully saturated rings. The van der Waals surface area contributed by atoms with E-state index in [0.717, 1.165) is 22.3 Å². The van der Waals surface area contributed by atoms with E-state index < -0.39 is 5.91 Å². The van der Waals surface area contributed by atoms with Crippen molar-refractivity contribution in [3.63, 3.8) is 0 Å². The van der Waals surface area contributed by atoms with E-state index in [1.807, 2.05) is 30.3 Å². The molecule has 2 aromatic rings. The van der Waals surface area contributed by atoms with Crippen molar-refractivity contribution in [2.45, 2.75) is 0 Å². The summed E-state index contributed by atoms with van der Waals surface area (Å²) in [6.45, 7) is 0. The standard InChI is InChI=1S/C17H11ClN2O2S2/c18-13-8-6-12(7-9-13)15(21)19-20-16(22)14(24-17(20)23)10-11-4-2-1-3-5-11/h1-10H,(H,19,21)/b14-10-. The highest BCUT2D eigenvalue weighted by Gasteiger charge is 2.33. The van der Waals surface area contributed by atoms with Gasteiger partial charge in [0.15, 0.2) is 4.32 Å². The van der Waals surface area contributed by atoms with E-state index in [-0.39, 0.29) is 10.2 Å². The molecule has 0 bridgehead atoms. The Morgan fingerprint density at radius 3 is 2.46 bits per heavy atom. The second kappa shape index (κ2) is 7.17. The molecule has 1 heterocycles. The van der Waals surface area contributed by atoms with Gasteiger partial charge in [-0.3, -0.25) is 15.0 Å². The second-order valence-corrected chi connectivity index (χ2v) is 6.99. The molecule has 2 amide bonds. The third-order valence-corrected chi connectivity index (χ3v) is 4.76. The topological polar surface area (TPSA) is 49.4 Å². The lowest BCUT2D eigenvalue weighted by Crippen LogP contribution is -2.44. The predicted octanol–water partition coefficient (Wildman–Crippen LogP) is 3.89. The van der Waals surface area contributed by atoms with Gasteiger partial charge in [0, 0.05) is 10.6 Å². The van der Waals surface area contributed by atoms with Gasteiger partial charge in [0.1, 0.15) is 0 Å². The minimum atomic E-state index is -0.427. The Balaban J connectivity index is 1.76. The third-order valence-electron chi connectivity index (χ3n) is 3.21. The molecule has 1 N–H and O–H groups in total. The lowest BCUT2D eigenvalue weighted by Gasteiger charge is -2.15. The molecule has 24 heavy (non-hydrogen) atoms. The van der Waals surface area contributed by atoms with Gasteiger partial charge in [0.25, 0.3) is 11.8 Å². The molecular weight excluding hydrogens is 364 g/mol. The summed E-state index contributed by atoms with van der Waals surface area (Å²) in [7, 11) is 0. The van der Waals surface area contributed by atoms with Crippen molar-refractivity contribution < 1.29 is 9.59 Å². The Bertz CT molecular complexity index is 835. The summed E-state index contributed by atoms with van der Waals surface area (Å²) < 4.78 is 0.282. The number of carbonyl (C=O) groups excluding carboxylic acids is 2. The Morgan fingerprint density at radius 1 is 1.12 bits per heavy atom. The summed E-state index contributed by atoms with van der Waals surface area (Å²) in [5, 5.41) is 1.62. The molecule has 0 radical (unpaired) electrons. The number of rotatable bonds is 3. The summed E-state index contributed by atoms with van der Waals surface area (Å²) >= 11 is 12.1. The van der Waals surface area contributed by atoms with Gasteiger partial charge in [-0.05, 0) is 48.1 Å². The van der Waals surface area contributed by atoms with Gasteiger partial charge in [0.2, 0.25) is 0 Å². The molecule has 1 aliphatic rings. The van der Waals surface area contributed by atoms with Crippen LogP contribution in [0.4, 0.5) is 0 Å². The molecule has 0 spiro atoms. The number of nitrogens with one attached hydrogen (secondary N) is 1. The third kappa shape index (κ3) is 3.67. The summed E-state index contributed by atoms with van der Waals surface area (Å²) in [5.41, 5.74) is 3.81. The van der Waals surface area contributed by atoms with Crippen LogP contribution in [0.5, 0.6) is 0 Å². The predicted molar refractivity (Wildman–Crippen MR) is 100 cm³/mol. The molecule has 1 aliphatic heterocycles. The van der Waals surface area contributed by atoms with Crippen LogP contribution in [0.2, 0.25) is 5.02 Å². The average molecular weight is 375 g/mol. The first-order valence-corrected chi connectivity index (χ1v) is 8.54. The highest BCUT2D eigenvalue weighted by atomic mass is 35.5. The van der Waals surface area contributed by atoms with Crippen molar-refractivity contribution in [3.8, 4) is 0 Å². The number of thioether (sulfide) groups is 1. The molecule has 120 valence electrons. The van der Waals surface area contributed by atoms with Crippen LogP contribution in [0.25, 0.3) is 6.08 Å². The largest absolute Gasteiger partial charge is 0.285 e. The molecular formula is C17H11ClN2O2S2. The van der Waals surface area contributed by atoms with E-state index in [4.69, 9.17) is 23.8 Å². The maximum absolute atomic E-state index is 12.5. The number of hydrazine groups is 1. The van der Waals surface area contributed by atoms with Gasteiger partial charge in [-0.2, -0.15) is 5.01 Å². The highest BCUT2D eigenvalue weighted by Crippen LogP contribution is 2.31. The van der Waals surface area contributed by atoms with Gasteiger partial charge >= 0.3 is 0 Å². The lowest BCUT2D eigenvalue weighted by atomic mass is 10.2. The van der Waals surface area contributed by atoms with Gasteiger partial charge in [0.05, 0.1) is 4.91 Å². The zero-order valence-corrected chi connectivity index (χ0v) is 14.6. The SMILES string of the molecule is O=C(NN1C(=O)/C(=C/c2ccccc2)SC1=S)c1ccc(Cl)cc1. The number of carbonyl (C=O) groups is 2. The second-order valence-electron chi connectivity index (χ2n) is 4.88. The smallest absolute Gasteiger partial charge is 0.267 e. The van der Waals surface area contributed by atoms with Crippen molar-refractivity contribution >= 4 is 57.8 Å². The maximum Gasteiger partial charge on any atom is 0.285 e. The molecule has 3 rings (SSSR count). The first-order valence-electron chi connectivity index (χ1n) is 6.94. The number of benzene rings is 2. The number of thiocarbonyl (C=S) groups is 1. The molecule has 0 atom stereocenters. The van der Waals surface area contributed by atoms with Gasteiger partial charge in [-0.25, -0.2) is 0 Å². The molecule has 0 aromatic heterocycles. The van der Waals surface area contributed by atoms with Crippen molar-refractivity contribution in [3.05, 3.63) is 75.7 Å². The summed E-state index contributed by atoms with van der Waals surface area (Å²) in [4.78, 5) is 25.1. The zero-order valence-electron chi connectivity index (χ0n) is 12.2. The van der Waals surface area contributed by atoms with E-state index in [1.54, 1.807) is 30.3 Å². The van der Waals surface area contributed by atoms with Crippen LogP contribution in [-0.4, -0.2) is 21.1 Å².